The molecule has 2 aliphatic rings. The number of fused-ring (bicyclic) bond motifs is 2. The van der Waals surface area contributed by atoms with Crippen LogP contribution < -0.4 is 14.8 Å². The van der Waals surface area contributed by atoms with Gasteiger partial charge < -0.3 is 24.8 Å². The van der Waals surface area contributed by atoms with Gasteiger partial charge in [-0.3, -0.25) is 19.8 Å². The van der Waals surface area contributed by atoms with Crippen LogP contribution in [0.25, 0.3) is 0 Å². The zero-order chi connectivity index (χ0) is 26.9. The lowest BCUT2D eigenvalue weighted by atomic mass is 9.73. The molecule has 2 aliphatic heterocycles. The number of amidine groups is 1. The number of ketones is 1. The van der Waals surface area contributed by atoms with E-state index in [1.165, 1.54) is 7.05 Å². The minimum atomic E-state index is -1.20. The molecule has 2 aromatic carbocycles. The van der Waals surface area contributed by atoms with Crippen LogP contribution in [0.4, 0.5) is 0 Å². The zero-order valence-electron chi connectivity index (χ0n) is 21.6. The van der Waals surface area contributed by atoms with Gasteiger partial charge in [-0.25, -0.2) is 0 Å². The number of hydrogen-bond acceptors (Lipinski definition) is 6. The molecule has 0 spiro atoms. The van der Waals surface area contributed by atoms with Gasteiger partial charge in [-0.15, -0.1) is 0 Å². The number of Topliss-reactive ketones (excluding diaryl/α,β-unsaturated/α-hetero) is 1. The van der Waals surface area contributed by atoms with Crippen molar-refractivity contribution in [3.8, 4) is 11.5 Å². The first-order chi connectivity index (χ1) is 17.7. The molecular formula is C28H33N3O6. The molecule has 1 amide bonds. The van der Waals surface area contributed by atoms with E-state index in [-0.39, 0.29) is 24.1 Å². The Labute approximate surface area is 216 Å². The lowest BCUT2D eigenvalue weighted by Gasteiger charge is -2.28. The molecule has 9 nitrogen and oxygen atoms in total. The van der Waals surface area contributed by atoms with Gasteiger partial charge in [0.05, 0.1) is 18.7 Å². The average Bonchev–Trinajstić information content (AvgIpc) is 3.34. The Morgan fingerprint density at radius 1 is 1.24 bits per heavy atom. The highest BCUT2D eigenvalue weighted by Crippen LogP contribution is 2.47. The van der Waals surface area contributed by atoms with E-state index in [4.69, 9.17) is 14.9 Å². The van der Waals surface area contributed by atoms with Crippen LogP contribution in [0.15, 0.2) is 30.3 Å². The molecule has 0 fully saturated rings. The van der Waals surface area contributed by atoms with E-state index in [9.17, 15) is 19.5 Å². The average molecular weight is 508 g/mol. The maximum Gasteiger partial charge on any atom is 0.318 e. The molecule has 2 heterocycles. The number of unbranched alkanes of at least 4 members (excludes halogenated alkanes) is 1. The van der Waals surface area contributed by atoms with E-state index in [2.05, 4.69) is 5.32 Å². The fraction of sp³-hybridized carbons (Fsp3) is 0.429. The third-order valence-electron chi connectivity index (χ3n) is 7.33. The van der Waals surface area contributed by atoms with Crippen molar-refractivity contribution in [3.05, 3.63) is 58.1 Å². The number of carbonyl (C=O) groups is 3. The number of carboxylic acid groups (broad SMARTS) is 1. The van der Waals surface area contributed by atoms with Crippen molar-refractivity contribution in [2.75, 3.05) is 20.2 Å². The Morgan fingerprint density at radius 3 is 2.65 bits per heavy atom. The standard InChI is InChI=1S/C28H33N3O6/c1-5-7-10-28(27(34)35)16(3)37-23-9-8-17(11-21(23)28)22(32)15-31-14-18-12-24(36-6-2)20(26(33)30-4)13-19(18)25(31)29/h8-9,11-13,16,29H,5-7,10,14-15H2,1-4H3,(H,30,33)(H,34,35). The first-order valence-electron chi connectivity index (χ1n) is 12.6. The molecule has 0 aromatic heterocycles. The predicted molar refractivity (Wildman–Crippen MR) is 138 cm³/mol. The quantitative estimate of drug-likeness (QED) is 0.418. The molecule has 0 saturated heterocycles. The number of hydrogen-bond donors (Lipinski definition) is 3. The van der Waals surface area contributed by atoms with Crippen molar-refractivity contribution < 1.29 is 29.0 Å². The summed E-state index contributed by atoms with van der Waals surface area (Å²) in [6.45, 7) is 6.26. The number of carbonyl (C=O) groups excluding carboxylic acids is 2. The number of carboxylic acids is 1. The topological polar surface area (TPSA) is 129 Å². The van der Waals surface area contributed by atoms with Crippen molar-refractivity contribution >= 4 is 23.5 Å². The summed E-state index contributed by atoms with van der Waals surface area (Å²) in [6.07, 6.45) is 1.45. The molecule has 2 aromatic rings. The zero-order valence-corrected chi connectivity index (χ0v) is 21.6. The van der Waals surface area contributed by atoms with Crippen molar-refractivity contribution in [3.63, 3.8) is 0 Å². The number of aliphatic carboxylic acids is 1. The van der Waals surface area contributed by atoms with E-state index in [0.717, 1.165) is 18.4 Å². The normalized spacial score (nSPS) is 19.7. The van der Waals surface area contributed by atoms with Crippen molar-refractivity contribution in [2.45, 2.75) is 58.1 Å². The monoisotopic (exact) mass is 507 g/mol. The summed E-state index contributed by atoms with van der Waals surface area (Å²) in [4.78, 5) is 39.8. The number of amides is 1. The molecular weight excluding hydrogens is 474 g/mol. The third kappa shape index (κ3) is 4.43. The van der Waals surface area contributed by atoms with Crippen LogP contribution in [0.5, 0.6) is 11.5 Å². The third-order valence-corrected chi connectivity index (χ3v) is 7.33. The first-order valence-corrected chi connectivity index (χ1v) is 12.6. The summed E-state index contributed by atoms with van der Waals surface area (Å²) in [5, 5.41) is 21.5. The molecule has 0 bridgehead atoms. The van der Waals surface area contributed by atoms with Gasteiger partial charge in [0, 0.05) is 30.3 Å². The maximum atomic E-state index is 13.3. The van der Waals surface area contributed by atoms with E-state index >= 15 is 0 Å². The van der Waals surface area contributed by atoms with Gasteiger partial charge in [-0.1, -0.05) is 19.8 Å². The minimum absolute atomic E-state index is 0.0585. The molecule has 0 radical (unpaired) electrons. The summed E-state index contributed by atoms with van der Waals surface area (Å²) in [5.74, 6) is -0.414. The van der Waals surface area contributed by atoms with Crippen LogP contribution in [0.2, 0.25) is 0 Å². The summed E-state index contributed by atoms with van der Waals surface area (Å²) < 4.78 is 11.5. The van der Waals surface area contributed by atoms with Crippen LogP contribution in [0.3, 0.4) is 0 Å². The molecule has 0 aliphatic carbocycles. The second-order valence-electron chi connectivity index (χ2n) is 9.50. The van der Waals surface area contributed by atoms with Gasteiger partial charge in [0.25, 0.3) is 5.91 Å². The van der Waals surface area contributed by atoms with Gasteiger partial charge in [0.2, 0.25) is 0 Å². The van der Waals surface area contributed by atoms with E-state index in [1.54, 1.807) is 42.2 Å². The Balaban J connectivity index is 1.60. The summed E-state index contributed by atoms with van der Waals surface area (Å²) in [5.41, 5.74) is 1.42. The molecule has 37 heavy (non-hydrogen) atoms. The number of nitrogens with one attached hydrogen (secondary N) is 2. The van der Waals surface area contributed by atoms with Crippen molar-refractivity contribution in [1.29, 1.82) is 5.41 Å². The first kappa shape index (κ1) is 26.2. The van der Waals surface area contributed by atoms with Gasteiger partial charge in [0.15, 0.2) is 5.78 Å². The second-order valence-corrected chi connectivity index (χ2v) is 9.50. The number of rotatable bonds is 10. The maximum absolute atomic E-state index is 13.3. The number of benzene rings is 2. The van der Waals surface area contributed by atoms with Crippen molar-refractivity contribution in [1.82, 2.24) is 10.2 Å². The lowest BCUT2D eigenvalue weighted by Crippen LogP contribution is -2.43. The summed E-state index contributed by atoms with van der Waals surface area (Å²) in [6, 6.07) is 8.36. The fourth-order valence-corrected chi connectivity index (χ4v) is 5.27. The Bertz CT molecular complexity index is 1270. The minimum Gasteiger partial charge on any atom is -0.493 e. The Hall–Kier alpha value is -3.88. The van der Waals surface area contributed by atoms with Crippen LogP contribution >= 0.6 is 0 Å². The molecule has 196 valence electrons. The highest BCUT2D eigenvalue weighted by Gasteiger charge is 2.52. The van der Waals surface area contributed by atoms with Crippen LogP contribution in [-0.4, -0.2) is 59.8 Å². The molecule has 2 unspecified atom stereocenters. The largest absolute Gasteiger partial charge is 0.493 e. The second kappa shape index (κ2) is 10.2. The molecule has 3 N–H and O–H groups in total. The van der Waals surface area contributed by atoms with Gasteiger partial charge >= 0.3 is 5.97 Å². The van der Waals surface area contributed by atoms with Gasteiger partial charge in [-0.2, -0.15) is 0 Å². The number of ether oxygens (including phenoxy) is 2. The number of nitrogens with zero attached hydrogens (tertiary/aromatic N) is 1. The molecule has 4 rings (SSSR count). The highest BCUT2D eigenvalue weighted by molar-refractivity contribution is 6.07. The summed E-state index contributed by atoms with van der Waals surface area (Å²) in [7, 11) is 1.53. The SMILES string of the molecule is CCCCC1(C(=O)O)c2cc(C(=O)CN3Cc4cc(OCC)c(C(=O)NC)cc4C3=N)ccc2OC1C. The Kier molecular flexibility index (Phi) is 7.25. The van der Waals surface area contributed by atoms with Crippen LogP contribution in [-0.2, 0) is 16.8 Å². The highest BCUT2D eigenvalue weighted by atomic mass is 16.5. The van der Waals surface area contributed by atoms with Crippen LogP contribution in [0, 0.1) is 5.41 Å². The lowest BCUT2D eigenvalue weighted by molar-refractivity contribution is -0.146. The van der Waals surface area contributed by atoms with E-state index < -0.39 is 17.5 Å². The van der Waals surface area contributed by atoms with Gasteiger partial charge in [-0.05, 0) is 56.2 Å². The molecule has 0 saturated carbocycles. The molecule has 9 heteroatoms. The van der Waals surface area contributed by atoms with E-state index in [0.29, 0.717) is 53.3 Å². The smallest absolute Gasteiger partial charge is 0.318 e. The van der Waals surface area contributed by atoms with E-state index in [1.807, 2.05) is 13.8 Å². The summed E-state index contributed by atoms with van der Waals surface area (Å²) >= 11 is 0. The van der Waals surface area contributed by atoms with Crippen LogP contribution in [0.1, 0.15) is 77.4 Å². The predicted octanol–water partition coefficient (Wildman–Crippen LogP) is 3.76. The Morgan fingerprint density at radius 2 is 2.00 bits per heavy atom. The molecule has 2 atom stereocenters. The van der Waals surface area contributed by atoms with Gasteiger partial charge in [0.1, 0.15) is 28.9 Å². The fourth-order valence-electron chi connectivity index (χ4n) is 5.27. The van der Waals surface area contributed by atoms with Crippen molar-refractivity contribution in [2.24, 2.45) is 0 Å².